The van der Waals surface area contributed by atoms with Gasteiger partial charge in [0.15, 0.2) is 6.61 Å². The van der Waals surface area contributed by atoms with Gasteiger partial charge in [-0.3, -0.25) is 4.79 Å². The number of esters is 1. The van der Waals surface area contributed by atoms with Gasteiger partial charge < -0.3 is 19.6 Å². The minimum absolute atomic E-state index is 0.317. The van der Waals surface area contributed by atoms with Crippen molar-refractivity contribution in [3.63, 3.8) is 0 Å². The summed E-state index contributed by atoms with van der Waals surface area (Å²) in [7, 11) is 0. The van der Waals surface area contributed by atoms with Crippen LogP contribution < -0.4 is 10.5 Å². The molecule has 0 aliphatic heterocycles. The fourth-order valence-corrected chi connectivity index (χ4v) is 3.56. The maximum absolute atomic E-state index is 12.2. The van der Waals surface area contributed by atoms with Gasteiger partial charge in [-0.05, 0) is 37.5 Å². The van der Waals surface area contributed by atoms with Crippen molar-refractivity contribution < 1.29 is 23.5 Å². The third-order valence-electron chi connectivity index (χ3n) is 4.89. The van der Waals surface area contributed by atoms with E-state index in [-0.39, 0.29) is 6.61 Å². The monoisotopic (exact) mass is 379 g/mol. The lowest BCUT2D eigenvalue weighted by molar-refractivity contribution is -0.157. The second-order valence-corrected chi connectivity index (χ2v) is 6.84. The lowest BCUT2D eigenvalue weighted by Crippen LogP contribution is -2.28. The number of amides is 1. The Kier molecular flexibility index (Phi) is 5.02. The number of hydrogen-bond donors (Lipinski definition) is 1. The number of nitrogens with two attached hydrogens (primary N) is 1. The van der Waals surface area contributed by atoms with Gasteiger partial charge >= 0.3 is 5.97 Å². The summed E-state index contributed by atoms with van der Waals surface area (Å²) in [6, 6.07) is 14.2. The maximum atomic E-state index is 12.2. The van der Waals surface area contributed by atoms with E-state index >= 15 is 0 Å². The molecule has 144 valence electrons. The van der Waals surface area contributed by atoms with Crippen molar-refractivity contribution in [2.24, 2.45) is 5.73 Å². The largest absolute Gasteiger partial charge is 0.482 e. The molecule has 0 saturated heterocycles. The molecule has 6 nitrogen and oxygen atoms in total. The van der Waals surface area contributed by atoms with Crippen LogP contribution in [0.5, 0.6) is 5.75 Å². The zero-order chi connectivity index (χ0) is 19.5. The van der Waals surface area contributed by atoms with Gasteiger partial charge in [-0.2, -0.15) is 0 Å². The van der Waals surface area contributed by atoms with Gasteiger partial charge in [-0.1, -0.05) is 30.3 Å². The fraction of sp³-hybridized carbons (Fsp3) is 0.273. The molecule has 3 aromatic rings. The molecule has 1 heterocycles. The number of furan rings is 1. The number of rotatable bonds is 6. The number of carbonyl (C=O) groups is 2. The predicted molar refractivity (Wildman–Crippen MR) is 103 cm³/mol. The van der Waals surface area contributed by atoms with Gasteiger partial charge in [0, 0.05) is 22.9 Å². The molecule has 0 spiro atoms. The Balaban J connectivity index is 1.43. The number of hydrogen-bond acceptors (Lipinski definition) is 5. The Morgan fingerprint density at radius 1 is 1.07 bits per heavy atom. The molecule has 1 amide bonds. The van der Waals surface area contributed by atoms with Crippen LogP contribution in [0.1, 0.15) is 35.8 Å². The lowest BCUT2D eigenvalue weighted by atomic mass is 9.96. The van der Waals surface area contributed by atoms with Crippen LogP contribution in [0.25, 0.3) is 11.0 Å². The van der Waals surface area contributed by atoms with Crippen molar-refractivity contribution in [3.8, 4) is 5.75 Å². The molecule has 0 radical (unpaired) electrons. The normalized spacial score (nSPS) is 14.3. The van der Waals surface area contributed by atoms with Crippen molar-refractivity contribution in [3.05, 3.63) is 65.4 Å². The molecule has 1 aromatic heterocycles. The number of aryl methyl sites for hydroxylation is 2. The highest BCUT2D eigenvalue weighted by molar-refractivity contribution is 5.85. The van der Waals surface area contributed by atoms with Crippen LogP contribution in [0.4, 0.5) is 0 Å². The average molecular weight is 379 g/mol. The Morgan fingerprint density at radius 3 is 2.64 bits per heavy atom. The number of fused-ring (bicyclic) bond motifs is 3. The standard InChI is InChI=1S/C22H21NO5/c23-22(25)21(14-6-2-1-3-7-14)28-20(24)13-26-15-10-11-19-17(12-15)16-8-4-5-9-18(16)27-19/h1-3,6-7,10-12,21H,4-5,8-9,13H2,(H2,23,25). The molecule has 1 aliphatic carbocycles. The zero-order valence-electron chi connectivity index (χ0n) is 15.4. The lowest BCUT2D eigenvalue weighted by Gasteiger charge is -2.15. The molecule has 2 aromatic carbocycles. The van der Waals surface area contributed by atoms with E-state index in [1.807, 2.05) is 12.1 Å². The summed E-state index contributed by atoms with van der Waals surface area (Å²) >= 11 is 0. The molecule has 4 rings (SSSR count). The summed E-state index contributed by atoms with van der Waals surface area (Å²) < 4.78 is 16.7. The molecule has 0 fully saturated rings. The first-order chi connectivity index (χ1) is 13.6. The van der Waals surface area contributed by atoms with Gasteiger partial charge in [0.2, 0.25) is 6.10 Å². The van der Waals surface area contributed by atoms with Crippen molar-refractivity contribution >= 4 is 22.8 Å². The average Bonchev–Trinajstić information content (AvgIpc) is 3.09. The van der Waals surface area contributed by atoms with Gasteiger partial charge in [-0.15, -0.1) is 0 Å². The van der Waals surface area contributed by atoms with E-state index in [4.69, 9.17) is 19.6 Å². The quantitative estimate of drug-likeness (QED) is 0.662. The molecule has 2 N–H and O–H groups in total. The zero-order valence-corrected chi connectivity index (χ0v) is 15.4. The number of carbonyl (C=O) groups excluding carboxylic acids is 2. The summed E-state index contributed by atoms with van der Waals surface area (Å²) in [5.41, 5.74) is 7.96. The summed E-state index contributed by atoms with van der Waals surface area (Å²) in [5.74, 6) is 0.201. The molecule has 1 unspecified atom stereocenters. The van der Waals surface area contributed by atoms with Crippen molar-refractivity contribution in [1.29, 1.82) is 0 Å². The van der Waals surface area contributed by atoms with Crippen molar-refractivity contribution in [2.75, 3.05) is 6.61 Å². The van der Waals surface area contributed by atoms with Gasteiger partial charge in [0.05, 0.1) is 0 Å². The Hall–Kier alpha value is -3.28. The minimum atomic E-state index is -1.14. The number of primary amides is 1. The second kappa shape index (κ2) is 7.76. The topological polar surface area (TPSA) is 91.8 Å². The molecule has 1 atom stereocenters. The predicted octanol–water partition coefficient (Wildman–Crippen LogP) is 3.46. The van der Waals surface area contributed by atoms with E-state index in [1.54, 1.807) is 36.4 Å². The Morgan fingerprint density at radius 2 is 1.86 bits per heavy atom. The molecular formula is C22H21NO5. The number of ether oxygens (including phenoxy) is 2. The summed E-state index contributed by atoms with van der Waals surface area (Å²) in [6.07, 6.45) is 3.10. The van der Waals surface area contributed by atoms with Gasteiger partial charge in [0.25, 0.3) is 5.91 Å². The molecule has 1 aliphatic rings. The Labute approximate surface area is 162 Å². The van der Waals surface area contributed by atoms with Crippen molar-refractivity contribution in [2.45, 2.75) is 31.8 Å². The van der Waals surface area contributed by atoms with E-state index in [0.717, 1.165) is 42.4 Å². The minimum Gasteiger partial charge on any atom is -0.482 e. The second-order valence-electron chi connectivity index (χ2n) is 6.84. The van der Waals surface area contributed by atoms with Crippen LogP contribution in [-0.2, 0) is 27.2 Å². The fourth-order valence-electron chi connectivity index (χ4n) is 3.56. The van der Waals surface area contributed by atoms with E-state index < -0.39 is 18.0 Å². The van der Waals surface area contributed by atoms with Crippen LogP contribution in [0, 0.1) is 0 Å². The first-order valence-corrected chi connectivity index (χ1v) is 9.32. The van der Waals surface area contributed by atoms with Gasteiger partial charge in [-0.25, -0.2) is 4.79 Å². The highest BCUT2D eigenvalue weighted by Gasteiger charge is 2.23. The summed E-state index contributed by atoms with van der Waals surface area (Å²) in [4.78, 5) is 23.8. The molecule has 28 heavy (non-hydrogen) atoms. The SMILES string of the molecule is NC(=O)C(OC(=O)COc1ccc2oc3c(c2c1)CCCC3)c1ccccc1. The highest BCUT2D eigenvalue weighted by Crippen LogP contribution is 2.34. The van der Waals surface area contributed by atoms with Crippen LogP contribution in [0.15, 0.2) is 52.9 Å². The van der Waals surface area contributed by atoms with Crippen molar-refractivity contribution in [1.82, 2.24) is 0 Å². The smallest absolute Gasteiger partial charge is 0.345 e. The van der Waals surface area contributed by atoms with E-state index in [2.05, 4.69) is 0 Å². The summed E-state index contributed by atoms with van der Waals surface area (Å²) in [5, 5.41) is 1.03. The first-order valence-electron chi connectivity index (χ1n) is 9.32. The first kappa shape index (κ1) is 18.1. The maximum Gasteiger partial charge on any atom is 0.345 e. The van der Waals surface area contributed by atoms with E-state index in [0.29, 0.717) is 11.3 Å². The van der Waals surface area contributed by atoms with Crippen LogP contribution in [0.2, 0.25) is 0 Å². The highest BCUT2D eigenvalue weighted by atomic mass is 16.6. The molecular weight excluding hydrogens is 358 g/mol. The van der Waals surface area contributed by atoms with E-state index in [1.165, 1.54) is 5.56 Å². The molecule has 6 heteroatoms. The van der Waals surface area contributed by atoms with Gasteiger partial charge in [0.1, 0.15) is 17.1 Å². The van der Waals surface area contributed by atoms with Crippen LogP contribution in [0.3, 0.4) is 0 Å². The third-order valence-corrected chi connectivity index (χ3v) is 4.89. The molecule has 0 saturated carbocycles. The number of benzene rings is 2. The molecule has 0 bridgehead atoms. The third kappa shape index (κ3) is 3.71. The van der Waals surface area contributed by atoms with Crippen LogP contribution >= 0.6 is 0 Å². The summed E-state index contributed by atoms with van der Waals surface area (Å²) in [6.45, 7) is -0.317. The van der Waals surface area contributed by atoms with E-state index in [9.17, 15) is 9.59 Å². The Bertz CT molecular complexity index is 1010. The van der Waals surface area contributed by atoms with Crippen LogP contribution in [-0.4, -0.2) is 18.5 Å².